The molecule has 34 heavy (non-hydrogen) atoms. The van der Waals surface area contributed by atoms with Crippen LogP contribution in [-0.2, 0) is 22.7 Å². The van der Waals surface area contributed by atoms with Crippen molar-refractivity contribution in [3.8, 4) is 0 Å². The molecule has 0 N–H and O–H groups in total. The Hall–Kier alpha value is -3.14. The standard InChI is InChI=1S/C24H29F3N2O5/c1-6-34-23(32)21-15(2)20(16(3)28(21)4)19(30)14-29(12-7-13-33-5)22(31)17-8-10-18(11-9-17)24(25,26)27/h8-11H,6-7,12-14H2,1-5H3. The van der Waals surface area contributed by atoms with Crippen LogP contribution in [0.3, 0.4) is 0 Å². The van der Waals surface area contributed by atoms with Crippen molar-refractivity contribution in [3.63, 3.8) is 0 Å². The minimum Gasteiger partial charge on any atom is -0.461 e. The van der Waals surface area contributed by atoms with Gasteiger partial charge in [0.25, 0.3) is 5.91 Å². The third-order valence-electron chi connectivity index (χ3n) is 5.54. The average molecular weight is 482 g/mol. The summed E-state index contributed by atoms with van der Waals surface area (Å²) in [6.45, 7) is 5.38. The second-order valence-electron chi connectivity index (χ2n) is 7.78. The lowest BCUT2D eigenvalue weighted by atomic mass is 10.0. The highest BCUT2D eigenvalue weighted by Gasteiger charge is 2.31. The third kappa shape index (κ3) is 6.05. The molecule has 0 spiro atoms. The SMILES string of the molecule is CCOC(=O)c1c(C)c(C(=O)CN(CCCOC)C(=O)c2ccc(C(F)(F)F)cc2)c(C)n1C. The lowest BCUT2D eigenvalue weighted by molar-refractivity contribution is -0.137. The van der Waals surface area contributed by atoms with Gasteiger partial charge in [0.2, 0.25) is 0 Å². The number of rotatable bonds is 10. The van der Waals surface area contributed by atoms with E-state index in [1.54, 1.807) is 32.4 Å². The summed E-state index contributed by atoms with van der Waals surface area (Å²) < 4.78 is 50.3. The first kappa shape index (κ1) is 27.1. The number of Topliss-reactive ketones (excluding diaryl/α,β-unsaturated/α-hetero) is 1. The maximum absolute atomic E-state index is 13.3. The Labute approximate surface area is 196 Å². The molecule has 0 fully saturated rings. The number of hydrogen-bond donors (Lipinski definition) is 0. The van der Waals surface area contributed by atoms with Crippen LogP contribution in [0.5, 0.6) is 0 Å². The monoisotopic (exact) mass is 482 g/mol. The third-order valence-corrected chi connectivity index (χ3v) is 5.54. The van der Waals surface area contributed by atoms with E-state index in [2.05, 4.69) is 0 Å². The molecule has 0 aliphatic rings. The number of aromatic nitrogens is 1. The fraction of sp³-hybridized carbons (Fsp3) is 0.458. The van der Waals surface area contributed by atoms with Crippen LogP contribution in [0.4, 0.5) is 13.2 Å². The molecule has 1 amide bonds. The zero-order valence-corrected chi connectivity index (χ0v) is 19.9. The van der Waals surface area contributed by atoms with Crippen molar-refractivity contribution < 1.29 is 37.0 Å². The molecule has 0 aliphatic carbocycles. The van der Waals surface area contributed by atoms with Crippen molar-refractivity contribution in [1.82, 2.24) is 9.47 Å². The summed E-state index contributed by atoms with van der Waals surface area (Å²) in [6.07, 6.45) is -4.09. The summed E-state index contributed by atoms with van der Waals surface area (Å²) in [4.78, 5) is 40.0. The summed E-state index contributed by atoms with van der Waals surface area (Å²) in [7, 11) is 3.15. The molecule has 7 nitrogen and oxygen atoms in total. The fourth-order valence-corrected chi connectivity index (χ4v) is 3.77. The van der Waals surface area contributed by atoms with Gasteiger partial charge in [0, 0.05) is 44.1 Å². The van der Waals surface area contributed by atoms with Crippen LogP contribution in [-0.4, -0.2) is 60.5 Å². The Morgan fingerprint density at radius 1 is 1.09 bits per heavy atom. The van der Waals surface area contributed by atoms with Crippen LogP contribution < -0.4 is 0 Å². The van der Waals surface area contributed by atoms with Gasteiger partial charge in [-0.3, -0.25) is 9.59 Å². The molecule has 1 heterocycles. The number of esters is 1. The first-order chi connectivity index (χ1) is 15.9. The Morgan fingerprint density at radius 2 is 1.71 bits per heavy atom. The molecule has 186 valence electrons. The van der Waals surface area contributed by atoms with Crippen molar-refractivity contribution in [1.29, 1.82) is 0 Å². The lowest BCUT2D eigenvalue weighted by Crippen LogP contribution is -2.37. The summed E-state index contributed by atoms with van der Waals surface area (Å²) in [5.74, 6) is -1.52. The number of benzene rings is 1. The second kappa shape index (κ2) is 11.3. The number of halogens is 3. The van der Waals surface area contributed by atoms with E-state index in [1.165, 1.54) is 12.0 Å². The van der Waals surface area contributed by atoms with E-state index < -0.39 is 23.6 Å². The zero-order valence-electron chi connectivity index (χ0n) is 19.9. The average Bonchev–Trinajstić information content (AvgIpc) is 3.00. The van der Waals surface area contributed by atoms with Crippen molar-refractivity contribution in [2.24, 2.45) is 7.05 Å². The topological polar surface area (TPSA) is 77.8 Å². The van der Waals surface area contributed by atoms with E-state index in [1.807, 2.05) is 0 Å². The van der Waals surface area contributed by atoms with E-state index in [-0.39, 0.29) is 36.7 Å². The number of ketones is 1. The van der Waals surface area contributed by atoms with E-state index in [0.29, 0.717) is 29.8 Å². The van der Waals surface area contributed by atoms with Crippen LogP contribution in [0.1, 0.15) is 61.4 Å². The predicted octanol–water partition coefficient (Wildman–Crippen LogP) is 4.20. The normalized spacial score (nSPS) is 11.4. The van der Waals surface area contributed by atoms with Gasteiger partial charge in [-0.1, -0.05) is 0 Å². The molecular weight excluding hydrogens is 453 g/mol. The smallest absolute Gasteiger partial charge is 0.416 e. The largest absolute Gasteiger partial charge is 0.461 e. The van der Waals surface area contributed by atoms with Crippen LogP contribution in [0.2, 0.25) is 0 Å². The molecule has 1 aromatic heterocycles. The van der Waals surface area contributed by atoms with Crippen molar-refractivity contribution in [2.75, 3.05) is 33.4 Å². The number of carbonyl (C=O) groups excluding carboxylic acids is 3. The van der Waals surface area contributed by atoms with Crippen molar-refractivity contribution in [2.45, 2.75) is 33.4 Å². The number of amides is 1. The highest BCUT2D eigenvalue weighted by Crippen LogP contribution is 2.29. The summed E-state index contributed by atoms with van der Waals surface area (Å²) in [5.41, 5.74) is 0.719. The Kier molecular flexibility index (Phi) is 9.03. The highest BCUT2D eigenvalue weighted by molar-refractivity contribution is 6.06. The highest BCUT2D eigenvalue weighted by atomic mass is 19.4. The van der Waals surface area contributed by atoms with Crippen LogP contribution in [0.25, 0.3) is 0 Å². The lowest BCUT2D eigenvalue weighted by Gasteiger charge is -2.22. The van der Waals surface area contributed by atoms with Gasteiger partial charge < -0.3 is 18.9 Å². The molecule has 2 rings (SSSR count). The molecule has 0 aliphatic heterocycles. The first-order valence-corrected chi connectivity index (χ1v) is 10.8. The minimum absolute atomic E-state index is 0.0342. The zero-order chi connectivity index (χ0) is 25.6. The number of alkyl halides is 3. The quantitative estimate of drug-likeness (QED) is 0.288. The van der Waals surface area contributed by atoms with Gasteiger partial charge in [-0.15, -0.1) is 0 Å². The van der Waals surface area contributed by atoms with Gasteiger partial charge in [-0.2, -0.15) is 13.2 Å². The van der Waals surface area contributed by atoms with E-state index in [9.17, 15) is 27.6 Å². The van der Waals surface area contributed by atoms with Gasteiger partial charge >= 0.3 is 12.1 Å². The molecule has 0 saturated carbocycles. The molecule has 0 atom stereocenters. The van der Waals surface area contributed by atoms with Crippen LogP contribution >= 0.6 is 0 Å². The van der Waals surface area contributed by atoms with Gasteiger partial charge in [-0.25, -0.2) is 4.79 Å². The summed E-state index contributed by atoms with van der Waals surface area (Å²) in [6, 6.07) is 3.85. The maximum Gasteiger partial charge on any atom is 0.416 e. The second-order valence-corrected chi connectivity index (χ2v) is 7.78. The Balaban J connectivity index is 2.34. The molecular formula is C24H29F3N2O5. The molecule has 0 unspecified atom stereocenters. The molecule has 0 radical (unpaired) electrons. The molecule has 0 saturated heterocycles. The summed E-state index contributed by atoms with van der Waals surface area (Å²) in [5, 5.41) is 0. The molecule has 0 bridgehead atoms. The first-order valence-electron chi connectivity index (χ1n) is 10.8. The van der Waals surface area contributed by atoms with Crippen LogP contribution in [0.15, 0.2) is 24.3 Å². The molecule has 1 aromatic carbocycles. The Bertz CT molecular complexity index is 1040. The van der Waals surface area contributed by atoms with E-state index in [4.69, 9.17) is 9.47 Å². The van der Waals surface area contributed by atoms with Gasteiger partial charge in [0.1, 0.15) is 5.69 Å². The molecule has 2 aromatic rings. The number of carbonyl (C=O) groups is 3. The van der Waals surface area contributed by atoms with Crippen molar-refractivity contribution >= 4 is 17.7 Å². The fourth-order valence-electron chi connectivity index (χ4n) is 3.77. The number of nitrogens with zero attached hydrogens (tertiary/aromatic N) is 2. The van der Waals surface area contributed by atoms with E-state index in [0.717, 1.165) is 24.3 Å². The van der Waals surface area contributed by atoms with Gasteiger partial charge in [0.15, 0.2) is 5.78 Å². The van der Waals surface area contributed by atoms with Gasteiger partial charge in [0.05, 0.1) is 18.7 Å². The van der Waals surface area contributed by atoms with Crippen molar-refractivity contribution in [3.05, 3.63) is 57.9 Å². The number of hydrogen-bond acceptors (Lipinski definition) is 5. The van der Waals surface area contributed by atoms with E-state index >= 15 is 0 Å². The van der Waals surface area contributed by atoms with Crippen LogP contribution in [0, 0.1) is 13.8 Å². The summed E-state index contributed by atoms with van der Waals surface area (Å²) >= 11 is 0. The molecule has 10 heteroatoms. The maximum atomic E-state index is 13.3. The number of ether oxygens (including phenoxy) is 2. The predicted molar refractivity (Wildman–Crippen MR) is 119 cm³/mol. The minimum atomic E-state index is -4.52. The van der Waals surface area contributed by atoms with Gasteiger partial charge in [-0.05, 0) is 57.0 Å². The Morgan fingerprint density at radius 3 is 2.24 bits per heavy atom. The number of methoxy groups -OCH3 is 1.